The zero-order valence-corrected chi connectivity index (χ0v) is 12.3. The molecule has 20 heavy (non-hydrogen) atoms. The number of aliphatic hydroxyl groups excluding tert-OH is 1. The first kappa shape index (κ1) is 14.6. The zero-order chi connectivity index (χ0) is 14.5. The lowest BCUT2D eigenvalue weighted by Gasteiger charge is -2.16. The predicted molar refractivity (Wildman–Crippen MR) is 82.2 cm³/mol. The van der Waals surface area contributed by atoms with Crippen LogP contribution in [0.4, 0.5) is 0 Å². The normalized spacial score (nSPS) is 13.8. The van der Waals surface area contributed by atoms with E-state index in [4.69, 9.17) is 4.74 Å². The van der Waals surface area contributed by atoms with Crippen LogP contribution in [-0.2, 0) is 0 Å². The Hall–Kier alpha value is -1.80. The van der Waals surface area contributed by atoms with Crippen molar-refractivity contribution >= 4 is 0 Å². The molecule has 0 aromatic heterocycles. The maximum absolute atomic E-state index is 10.5. The first-order chi connectivity index (χ1) is 9.67. The highest BCUT2D eigenvalue weighted by molar-refractivity contribution is 5.40. The summed E-state index contributed by atoms with van der Waals surface area (Å²) >= 11 is 0. The van der Waals surface area contributed by atoms with E-state index in [9.17, 15) is 5.11 Å². The SMILES string of the molecule is CCC(C)c1ccc(C(O)c2ccccc2OC)cc1. The third kappa shape index (κ3) is 3.02. The molecule has 0 heterocycles. The molecule has 0 saturated heterocycles. The molecule has 0 amide bonds. The highest BCUT2D eigenvalue weighted by atomic mass is 16.5. The van der Waals surface area contributed by atoms with Crippen molar-refractivity contribution in [2.45, 2.75) is 32.3 Å². The van der Waals surface area contributed by atoms with Gasteiger partial charge in [0.2, 0.25) is 0 Å². The monoisotopic (exact) mass is 270 g/mol. The van der Waals surface area contributed by atoms with Crippen molar-refractivity contribution in [3.05, 3.63) is 65.2 Å². The van der Waals surface area contributed by atoms with Crippen LogP contribution in [0.1, 0.15) is 49.0 Å². The molecule has 2 rings (SSSR count). The number of benzene rings is 2. The molecule has 2 nitrogen and oxygen atoms in total. The van der Waals surface area contributed by atoms with Crippen molar-refractivity contribution in [3.63, 3.8) is 0 Å². The molecule has 0 saturated carbocycles. The minimum absolute atomic E-state index is 0.549. The Balaban J connectivity index is 2.27. The Morgan fingerprint density at radius 2 is 1.60 bits per heavy atom. The van der Waals surface area contributed by atoms with Gasteiger partial charge in [0.05, 0.1) is 7.11 Å². The number of aliphatic hydroxyl groups is 1. The summed E-state index contributed by atoms with van der Waals surface area (Å²) in [6.07, 6.45) is 0.464. The largest absolute Gasteiger partial charge is 0.496 e. The summed E-state index contributed by atoms with van der Waals surface area (Å²) in [5.74, 6) is 1.26. The smallest absolute Gasteiger partial charge is 0.125 e. The molecular weight excluding hydrogens is 248 g/mol. The van der Waals surface area contributed by atoms with Crippen LogP contribution >= 0.6 is 0 Å². The van der Waals surface area contributed by atoms with Gasteiger partial charge in [0.1, 0.15) is 11.9 Å². The molecule has 0 bridgehead atoms. The van der Waals surface area contributed by atoms with E-state index in [2.05, 4.69) is 26.0 Å². The van der Waals surface area contributed by atoms with E-state index in [-0.39, 0.29) is 0 Å². The maximum Gasteiger partial charge on any atom is 0.125 e. The molecule has 0 aliphatic carbocycles. The molecule has 0 fully saturated rings. The minimum atomic E-state index is -0.655. The number of ether oxygens (including phenoxy) is 1. The van der Waals surface area contributed by atoms with Gasteiger partial charge in [-0.3, -0.25) is 0 Å². The molecule has 0 aliphatic rings. The lowest BCUT2D eigenvalue weighted by atomic mass is 9.94. The van der Waals surface area contributed by atoms with Crippen molar-refractivity contribution in [3.8, 4) is 5.75 Å². The van der Waals surface area contributed by atoms with Crippen LogP contribution in [0.15, 0.2) is 48.5 Å². The Bertz CT molecular complexity index is 546. The molecule has 2 heteroatoms. The van der Waals surface area contributed by atoms with Gasteiger partial charge >= 0.3 is 0 Å². The number of rotatable bonds is 5. The van der Waals surface area contributed by atoms with Crippen LogP contribution in [-0.4, -0.2) is 12.2 Å². The third-order valence-corrected chi connectivity index (χ3v) is 3.87. The highest BCUT2D eigenvalue weighted by Gasteiger charge is 2.15. The van der Waals surface area contributed by atoms with Gasteiger partial charge in [0, 0.05) is 5.56 Å². The molecule has 2 aromatic rings. The van der Waals surface area contributed by atoms with Gasteiger partial charge in [-0.25, -0.2) is 0 Å². The molecule has 0 radical (unpaired) electrons. The Labute approximate surface area is 121 Å². The van der Waals surface area contributed by atoms with E-state index in [0.717, 1.165) is 17.5 Å². The van der Waals surface area contributed by atoms with Crippen molar-refractivity contribution in [1.29, 1.82) is 0 Å². The van der Waals surface area contributed by atoms with Crippen LogP contribution in [0, 0.1) is 0 Å². The summed E-state index contributed by atoms with van der Waals surface area (Å²) in [5.41, 5.74) is 3.00. The number of hydrogen-bond donors (Lipinski definition) is 1. The average molecular weight is 270 g/mol. The van der Waals surface area contributed by atoms with Crippen LogP contribution in [0.2, 0.25) is 0 Å². The fourth-order valence-corrected chi connectivity index (χ4v) is 2.31. The summed E-state index contributed by atoms with van der Waals surface area (Å²) in [7, 11) is 1.62. The van der Waals surface area contributed by atoms with Crippen molar-refractivity contribution in [2.24, 2.45) is 0 Å². The van der Waals surface area contributed by atoms with Gasteiger partial charge in [-0.2, -0.15) is 0 Å². The Morgan fingerprint density at radius 1 is 1.00 bits per heavy atom. The second kappa shape index (κ2) is 6.58. The van der Waals surface area contributed by atoms with Gasteiger partial charge in [-0.05, 0) is 29.5 Å². The fraction of sp³-hybridized carbons (Fsp3) is 0.333. The second-order valence-electron chi connectivity index (χ2n) is 5.12. The molecule has 2 unspecified atom stereocenters. The highest BCUT2D eigenvalue weighted by Crippen LogP contribution is 2.30. The summed E-state index contributed by atoms with van der Waals surface area (Å²) in [5, 5.41) is 10.5. The van der Waals surface area contributed by atoms with Crippen LogP contribution in [0.3, 0.4) is 0 Å². The van der Waals surface area contributed by atoms with Crippen LogP contribution < -0.4 is 4.74 Å². The molecule has 106 valence electrons. The van der Waals surface area contributed by atoms with E-state index < -0.39 is 6.10 Å². The topological polar surface area (TPSA) is 29.5 Å². The summed E-state index contributed by atoms with van der Waals surface area (Å²) in [6.45, 7) is 4.40. The maximum atomic E-state index is 10.5. The van der Waals surface area contributed by atoms with Gasteiger partial charge in [0.25, 0.3) is 0 Å². The van der Waals surface area contributed by atoms with Crippen molar-refractivity contribution in [2.75, 3.05) is 7.11 Å². The van der Waals surface area contributed by atoms with Gasteiger partial charge in [-0.15, -0.1) is 0 Å². The summed E-state index contributed by atoms with van der Waals surface area (Å²) < 4.78 is 5.31. The fourth-order valence-electron chi connectivity index (χ4n) is 2.31. The molecule has 2 atom stereocenters. The summed E-state index contributed by atoms with van der Waals surface area (Å²) in [4.78, 5) is 0. The van der Waals surface area contributed by atoms with Crippen molar-refractivity contribution in [1.82, 2.24) is 0 Å². The van der Waals surface area contributed by atoms with Crippen LogP contribution in [0.5, 0.6) is 5.75 Å². The Kier molecular flexibility index (Phi) is 4.80. The average Bonchev–Trinajstić information content (AvgIpc) is 2.53. The number of methoxy groups -OCH3 is 1. The van der Waals surface area contributed by atoms with E-state index in [0.29, 0.717) is 11.7 Å². The van der Waals surface area contributed by atoms with Gasteiger partial charge in [-0.1, -0.05) is 56.3 Å². The van der Waals surface area contributed by atoms with Gasteiger partial charge < -0.3 is 9.84 Å². The molecular formula is C18H22O2. The van der Waals surface area contributed by atoms with E-state index in [1.54, 1.807) is 7.11 Å². The quantitative estimate of drug-likeness (QED) is 0.878. The standard InChI is InChI=1S/C18H22O2/c1-4-13(2)14-9-11-15(12-10-14)18(19)16-7-5-6-8-17(16)20-3/h5-13,18-19H,4H2,1-3H3. The molecule has 0 aliphatic heterocycles. The summed E-state index contributed by atoms with van der Waals surface area (Å²) in [6, 6.07) is 15.8. The lowest BCUT2D eigenvalue weighted by Crippen LogP contribution is -2.02. The number of para-hydroxylation sites is 1. The molecule has 1 N–H and O–H groups in total. The number of hydrogen-bond acceptors (Lipinski definition) is 2. The van der Waals surface area contributed by atoms with Crippen molar-refractivity contribution < 1.29 is 9.84 Å². The molecule has 0 spiro atoms. The lowest BCUT2D eigenvalue weighted by molar-refractivity contribution is 0.214. The van der Waals surface area contributed by atoms with E-state index in [1.165, 1.54) is 5.56 Å². The van der Waals surface area contributed by atoms with Gasteiger partial charge in [0.15, 0.2) is 0 Å². The Morgan fingerprint density at radius 3 is 2.20 bits per heavy atom. The zero-order valence-electron chi connectivity index (χ0n) is 12.3. The van der Waals surface area contributed by atoms with Crippen LogP contribution in [0.25, 0.3) is 0 Å². The molecule has 2 aromatic carbocycles. The minimum Gasteiger partial charge on any atom is -0.496 e. The van der Waals surface area contributed by atoms with E-state index in [1.807, 2.05) is 36.4 Å². The first-order valence-electron chi connectivity index (χ1n) is 7.08. The third-order valence-electron chi connectivity index (χ3n) is 3.87. The second-order valence-corrected chi connectivity index (χ2v) is 5.12. The van der Waals surface area contributed by atoms with E-state index >= 15 is 0 Å². The predicted octanol–water partition coefficient (Wildman–Crippen LogP) is 4.29. The first-order valence-corrected chi connectivity index (χ1v) is 7.08.